The molecule has 4 aromatic heterocycles. The summed E-state index contributed by atoms with van der Waals surface area (Å²) in [6.07, 6.45) is 0. The number of aromatic nitrogens is 5. The molecule has 2 aliphatic rings. The fourth-order valence-electron chi connectivity index (χ4n) is 13.5. The Morgan fingerprint density at radius 1 is 0.342 bits per heavy atom. The third kappa shape index (κ3) is 5.36. The molecule has 11 aromatic carbocycles. The van der Waals surface area contributed by atoms with Crippen LogP contribution in [0.3, 0.4) is 0 Å². The van der Waals surface area contributed by atoms with E-state index in [4.69, 9.17) is 19.4 Å². The minimum atomic E-state index is -0.647. The summed E-state index contributed by atoms with van der Waals surface area (Å²) in [5.74, 6) is 1.72. The molecule has 0 amide bonds. The number of nitrogens with zero attached hydrogens (tertiary/aromatic N) is 5. The fourth-order valence-corrected chi connectivity index (χ4v) is 13.5. The molecule has 0 radical (unpaired) electrons. The Hall–Kier alpha value is -10.2. The van der Waals surface area contributed by atoms with Crippen LogP contribution in [-0.2, 0) is 5.41 Å². The molecule has 6 heteroatoms. The lowest BCUT2D eigenvalue weighted by Gasteiger charge is -2.31. The van der Waals surface area contributed by atoms with Crippen LogP contribution in [0.4, 0.5) is 0 Å². The first-order valence-electron chi connectivity index (χ1n) is 25.9. The van der Waals surface area contributed by atoms with Crippen LogP contribution in [0.15, 0.2) is 253 Å². The average Bonchev–Trinajstić information content (AvgIpc) is 4.48. The quantitative estimate of drug-likeness (QED) is 0.172. The molecule has 0 unspecified atom stereocenters. The van der Waals surface area contributed by atoms with Gasteiger partial charge in [0.2, 0.25) is 0 Å². The maximum absolute atomic E-state index is 7.16. The lowest BCUT2D eigenvalue weighted by molar-refractivity contribution is 0.669. The van der Waals surface area contributed by atoms with Gasteiger partial charge in [0.1, 0.15) is 11.2 Å². The number of benzene rings is 11. The first-order chi connectivity index (χ1) is 37.8. The van der Waals surface area contributed by atoms with E-state index >= 15 is 0 Å². The number of hydrogen-bond acceptors (Lipinski definition) is 4. The maximum atomic E-state index is 7.16. The molecule has 76 heavy (non-hydrogen) atoms. The predicted octanol–water partition coefficient (Wildman–Crippen LogP) is 17.3. The Morgan fingerprint density at radius 2 is 0.829 bits per heavy atom. The van der Waals surface area contributed by atoms with Crippen molar-refractivity contribution in [2.45, 2.75) is 5.41 Å². The van der Waals surface area contributed by atoms with E-state index in [2.05, 4.69) is 191 Å². The monoisotopic (exact) mass is 967 g/mol. The summed E-state index contributed by atoms with van der Waals surface area (Å²) in [4.78, 5) is 15.6. The Balaban J connectivity index is 1.08. The van der Waals surface area contributed by atoms with E-state index in [1.807, 2.05) is 66.7 Å². The molecule has 0 N–H and O–H groups in total. The molecule has 0 saturated heterocycles. The summed E-state index contributed by atoms with van der Waals surface area (Å²) >= 11 is 0. The van der Waals surface area contributed by atoms with Gasteiger partial charge in [-0.05, 0) is 81.4 Å². The van der Waals surface area contributed by atoms with Crippen molar-refractivity contribution in [1.82, 2.24) is 24.1 Å². The van der Waals surface area contributed by atoms with Gasteiger partial charge in [0, 0.05) is 49.3 Å². The highest BCUT2D eigenvalue weighted by Crippen LogP contribution is 2.67. The first-order valence-corrected chi connectivity index (χ1v) is 25.9. The Labute approximate surface area is 436 Å². The number of rotatable bonds is 5. The minimum absolute atomic E-state index is 0.537. The second-order valence-electron chi connectivity index (χ2n) is 20.1. The van der Waals surface area contributed by atoms with Crippen molar-refractivity contribution in [3.05, 3.63) is 271 Å². The average molecular weight is 968 g/mol. The van der Waals surface area contributed by atoms with Gasteiger partial charge < -0.3 is 13.6 Å². The molecule has 17 rings (SSSR count). The van der Waals surface area contributed by atoms with Crippen LogP contribution in [0.2, 0.25) is 0 Å². The highest BCUT2D eigenvalue weighted by Gasteiger charge is 2.54. The molecular weight excluding hydrogens is 927 g/mol. The zero-order valence-corrected chi connectivity index (χ0v) is 40.8. The van der Waals surface area contributed by atoms with Crippen LogP contribution in [0, 0.1) is 0 Å². The summed E-state index contributed by atoms with van der Waals surface area (Å²) < 4.78 is 12.3. The highest BCUT2D eigenvalue weighted by atomic mass is 16.3. The van der Waals surface area contributed by atoms with Crippen LogP contribution in [0.25, 0.3) is 133 Å². The van der Waals surface area contributed by atoms with Gasteiger partial charge in [-0.25, -0.2) is 15.0 Å². The number of para-hydroxylation sites is 4. The number of hydrogen-bond donors (Lipinski definition) is 0. The van der Waals surface area contributed by atoms with Crippen LogP contribution < -0.4 is 0 Å². The summed E-state index contributed by atoms with van der Waals surface area (Å²) in [6.45, 7) is 0. The van der Waals surface area contributed by atoms with E-state index in [-0.39, 0.29) is 0 Å². The fraction of sp³-hybridized carbons (Fsp3) is 0.0143. The molecular formula is C70H41N5O. The van der Waals surface area contributed by atoms with Gasteiger partial charge in [-0.15, -0.1) is 0 Å². The van der Waals surface area contributed by atoms with Crippen LogP contribution >= 0.6 is 0 Å². The number of furan rings is 1. The third-order valence-corrected chi connectivity index (χ3v) is 16.4. The lowest BCUT2D eigenvalue weighted by atomic mass is 9.69. The van der Waals surface area contributed by atoms with E-state index in [0.717, 1.165) is 61.0 Å². The Bertz CT molecular complexity index is 4830. The molecule has 0 saturated carbocycles. The molecule has 0 aliphatic heterocycles. The van der Waals surface area contributed by atoms with Gasteiger partial charge in [0.05, 0.1) is 44.1 Å². The molecule has 0 bridgehead atoms. The van der Waals surface area contributed by atoms with Crippen molar-refractivity contribution in [3.63, 3.8) is 0 Å². The molecule has 1 spiro atoms. The van der Waals surface area contributed by atoms with Crippen LogP contribution in [0.1, 0.15) is 22.3 Å². The van der Waals surface area contributed by atoms with Gasteiger partial charge in [-0.2, -0.15) is 0 Å². The van der Waals surface area contributed by atoms with Crippen molar-refractivity contribution in [2.75, 3.05) is 0 Å². The highest BCUT2D eigenvalue weighted by molar-refractivity contribution is 6.33. The Kier molecular flexibility index (Phi) is 8.39. The van der Waals surface area contributed by atoms with Gasteiger partial charge >= 0.3 is 0 Å². The van der Waals surface area contributed by atoms with E-state index < -0.39 is 5.41 Å². The van der Waals surface area contributed by atoms with E-state index in [1.54, 1.807) is 0 Å². The Morgan fingerprint density at radius 3 is 1.47 bits per heavy atom. The van der Waals surface area contributed by atoms with Crippen molar-refractivity contribution >= 4 is 65.6 Å². The van der Waals surface area contributed by atoms with Crippen LogP contribution in [-0.4, -0.2) is 24.1 Å². The van der Waals surface area contributed by atoms with E-state index in [0.29, 0.717) is 23.1 Å². The summed E-state index contributed by atoms with van der Waals surface area (Å²) in [6, 6.07) is 89.6. The topological polar surface area (TPSA) is 61.7 Å². The SMILES string of the molecule is c1ccc(-c2nc(-c3ccccc3)nc(-c3ccc(-n4c5ccccc5c5c6c(c7c(c8ccccc8n7-c7ccccc7)c54)-c4ccccc4C64c5ccccc5-c5ccccc54)c4c3oc3ccccc34)n2)cc1. The van der Waals surface area contributed by atoms with Gasteiger partial charge in [-0.1, -0.05) is 206 Å². The zero-order valence-electron chi connectivity index (χ0n) is 40.8. The van der Waals surface area contributed by atoms with Crippen molar-refractivity contribution in [3.8, 4) is 67.8 Å². The second kappa shape index (κ2) is 15.4. The molecule has 0 fully saturated rings. The standard InChI is InChI=1S/C70H41N5O/c1-4-22-42(23-5-1)67-71-68(43-24-6-2-7-25-43)73-69(72-67)51-40-41-57(59-50-33-15-21-39-58(50)76-66(51)59)75-56-38-20-13-31-48(56)61-63-60(64-62(65(61)75)49-32-14-19-37-55(49)74(64)44-26-8-3-9-27-44)47-30-12-18-36-54(47)70(63)52-34-16-10-28-45(52)46-29-11-17-35-53(46)70/h1-41H. The third-order valence-electron chi connectivity index (χ3n) is 16.4. The largest absolute Gasteiger partial charge is 0.455 e. The molecule has 352 valence electrons. The second-order valence-corrected chi connectivity index (χ2v) is 20.1. The molecule has 2 aliphatic carbocycles. The number of fused-ring (bicyclic) bond motifs is 22. The van der Waals surface area contributed by atoms with Gasteiger partial charge in [0.25, 0.3) is 0 Å². The molecule has 4 heterocycles. The minimum Gasteiger partial charge on any atom is -0.455 e. The first kappa shape index (κ1) is 41.3. The van der Waals surface area contributed by atoms with Gasteiger partial charge in [0.15, 0.2) is 17.5 Å². The normalized spacial score (nSPS) is 13.1. The summed E-state index contributed by atoms with van der Waals surface area (Å²) in [5.41, 5.74) is 20.4. The van der Waals surface area contributed by atoms with Crippen molar-refractivity contribution < 1.29 is 4.42 Å². The van der Waals surface area contributed by atoms with Crippen molar-refractivity contribution in [2.24, 2.45) is 0 Å². The maximum Gasteiger partial charge on any atom is 0.167 e. The smallest absolute Gasteiger partial charge is 0.167 e. The summed E-state index contributed by atoms with van der Waals surface area (Å²) in [7, 11) is 0. The van der Waals surface area contributed by atoms with Gasteiger partial charge in [-0.3, -0.25) is 0 Å². The molecule has 0 atom stereocenters. The lowest BCUT2D eigenvalue weighted by Crippen LogP contribution is -2.26. The predicted molar refractivity (Wildman–Crippen MR) is 308 cm³/mol. The summed E-state index contributed by atoms with van der Waals surface area (Å²) in [5, 5.41) is 6.78. The zero-order chi connectivity index (χ0) is 49.6. The van der Waals surface area contributed by atoms with Crippen molar-refractivity contribution in [1.29, 1.82) is 0 Å². The van der Waals surface area contributed by atoms with E-state index in [1.165, 1.54) is 71.6 Å². The molecule has 15 aromatic rings. The van der Waals surface area contributed by atoms with E-state index in [9.17, 15) is 0 Å². The van der Waals surface area contributed by atoms with Crippen LogP contribution in [0.5, 0.6) is 0 Å². The molecule has 6 nitrogen and oxygen atoms in total.